The zero-order chi connectivity index (χ0) is 18.4. The summed E-state index contributed by atoms with van der Waals surface area (Å²) in [6.07, 6.45) is 3.11. The van der Waals surface area contributed by atoms with Gasteiger partial charge in [-0.25, -0.2) is 4.98 Å². The Morgan fingerprint density at radius 2 is 2.35 bits per heavy atom. The third-order valence-electron chi connectivity index (χ3n) is 3.41. The van der Waals surface area contributed by atoms with Gasteiger partial charge in [0, 0.05) is 18.2 Å². The van der Waals surface area contributed by atoms with Crippen LogP contribution in [0.1, 0.15) is 5.56 Å². The van der Waals surface area contributed by atoms with Crippen LogP contribution in [0.3, 0.4) is 0 Å². The number of hydrogen-bond donors (Lipinski definition) is 1. The molecule has 0 aliphatic rings. The maximum absolute atomic E-state index is 9.65. The first kappa shape index (κ1) is 17.3. The summed E-state index contributed by atoms with van der Waals surface area (Å²) < 4.78 is 10.8. The summed E-state index contributed by atoms with van der Waals surface area (Å²) >= 11 is 1.54. The van der Waals surface area contributed by atoms with Crippen molar-refractivity contribution in [2.75, 3.05) is 13.7 Å². The Bertz CT molecular complexity index is 972. The van der Waals surface area contributed by atoms with Gasteiger partial charge < -0.3 is 15.0 Å². The lowest BCUT2D eigenvalue weighted by atomic mass is 10.0. The molecule has 0 unspecified atom stereocenters. The highest BCUT2D eigenvalue weighted by Crippen LogP contribution is 2.35. The number of azo groups is 1. The third kappa shape index (κ3) is 3.60. The molecule has 0 saturated heterocycles. The summed E-state index contributed by atoms with van der Waals surface area (Å²) in [6.45, 7) is -0.0613. The van der Waals surface area contributed by atoms with Crippen LogP contribution in [-0.2, 0) is 0 Å². The minimum atomic E-state index is -0.0613. The number of furan rings is 1. The molecule has 0 atom stereocenters. The Morgan fingerprint density at radius 3 is 2.96 bits per heavy atom. The molecule has 0 bridgehead atoms. The maximum Gasteiger partial charge on any atom is 0.233 e. The number of amidine groups is 1. The molecule has 3 rings (SSSR count). The normalized spacial score (nSPS) is 11.6. The first-order chi connectivity index (χ1) is 12.8. The van der Waals surface area contributed by atoms with E-state index in [-0.39, 0.29) is 23.9 Å². The molecule has 0 aliphatic carbocycles. The van der Waals surface area contributed by atoms with Crippen molar-refractivity contribution in [2.24, 2.45) is 21.2 Å². The van der Waals surface area contributed by atoms with Gasteiger partial charge in [-0.15, -0.1) is 16.5 Å². The quantitative estimate of drug-likeness (QED) is 0.243. The van der Waals surface area contributed by atoms with Crippen molar-refractivity contribution >= 4 is 17.2 Å². The van der Waals surface area contributed by atoms with Crippen molar-refractivity contribution in [1.82, 2.24) is 4.98 Å². The van der Waals surface area contributed by atoms with Gasteiger partial charge in [-0.1, -0.05) is 6.07 Å². The van der Waals surface area contributed by atoms with E-state index in [9.17, 15) is 5.26 Å². The van der Waals surface area contributed by atoms with Crippen LogP contribution in [0.4, 0.5) is 0 Å². The Hall–Kier alpha value is -3.51. The molecular weight excluding hydrogens is 352 g/mol. The van der Waals surface area contributed by atoms with E-state index >= 15 is 0 Å². The van der Waals surface area contributed by atoms with E-state index in [0.717, 1.165) is 10.4 Å². The summed E-state index contributed by atoms with van der Waals surface area (Å²) in [7, 11) is 1.50. The van der Waals surface area contributed by atoms with Crippen molar-refractivity contribution in [3.05, 3.63) is 47.7 Å². The van der Waals surface area contributed by atoms with E-state index in [1.165, 1.54) is 18.4 Å². The van der Waals surface area contributed by atoms with E-state index in [1.807, 2.05) is 23.6 Å². The summed E-state index contributed by atoms with van der Waals surface area (Å²) in [5.74, 6) is 5.62. The van der Waals surface area contributed by atoms with Gasteiger partial charge >= 0.3 is 0 Å². The second-order valence-corrected chi connectivity index (χ2v) is 5.92. The molecule has 3 aromatic rings. The fraction of sp³-hybridized carbons (Fsp3) is 0.118. The van der Waals surface area contributed by atoms with Gasteiger partial charge in [0.1, 0.15) is 11.6 Å². The van der Waals surface area contributed by atoms with E-state index in [2.05, 4.69) is 26.4 Å². The van der Waals surface area contributed by atoms with Gasteiger partial charge in [0.05, 0.1) is 23.1 Å². The van der Waals surface area contributed by atoms with Gasteiger partial charge in [-0.2, -0.15) is 15.5 Å². The van der Waals surface area contributed by atoms with E-state index in [0.29, 0.717) is 11.3 Å². The molecule has 0 spiro atoms. The molecule has 130 valence electrons. The average Bonchev–Trinajstić information content (AvgIpc) is 3.38. The van der Waals surface area contributed by atoms with Gasteiger partial charge in [0.2, 0.25) is 11.7 Å². The van der Waals surface area contributed by atoms with E-state index < -0.39 is 0 Å². The number of nitrogens with two attached hydrogens (primary N) is 1. The highest BCUT2D eigenvalue weighted by atomic mass is 32.1. The molecule has 0 saturated carbocycles. The third-order valence-corrected chi connectivity index (χ3v) is 4.30. The molecule has 0 amide bonds. The topological polar surface area (TPSA) is 122 Å². The van der Waals surface area contributed by atoms with Gasteiger partial charge in [-0.3, -0.25) is 0 Å². The second-order valence-electron chi connectivity index (χ2n) is 4.97. The Balaban J connectivity index is 2.08. The smallest absolute Gasteiger partial charge is 0.233 e. The van der Waals surface area contributed by atoms with Crippen LogP contribution in [0, 0.1) is 11.3 Å². The molecule has 26 heavy (non-hydrogen) atoms. The first-order valence-electron chi connectivity index (χ1n) is 7.47. The number of pyridine rings is 1. The lowest BCUT2D eigenvalue weighted by Gasteiger charge is -2.11. The average molecular weight is 366 g/mol. The van der Waals surface area contributed by atoms with Crippen molar-refractivity contribution in [2.45, 2.75) is 0 Å². The zero-order valence-electron chi connectivity index (χ0n) is 13.8. The highest BCUT2D eigenvalue weighted by Gasteiger charge is 2.18. The zero-order valence-corrected chi connectivity index (χ0v) is 14.6. The number of hydrazone groups is 1. The molecule has 0 radical (unpaired) electrons. The Labute approximate surface area is 153 Å². The predicted molar refractivity (Wildman–Crippen MR) is 97.9 cm³/mol. The number of thiophene rings is 1. The number of nitriles is 1. The van der Waals surface area contributed by atoms with E-state index in [4.69, 9.17) is 15.0 Å². The largest absolute Gasteiger partial charge is 0.472 e. The van der Waals surface area contributed by atoms with E-state index in [1.54, 1.807) is 18.6 Å². The van der Waals surface area contributed by atoms with Crippen molar-refractivity contribution < 1.29 is 9.15 Å². The molecular formula is C17H14N6O2S. The lowest BCUT2D eigenvalue weighted by Crippen LogP contribution is -2.13. The van der Waals surface area contributed by atoms with Gasteiger partial charge in [0.15, 0.2) is 6.61 Å². The first-order valence-corrected chi connectivity index (χ1v) is 8.35. The molecule has 9 heteroatoms. The summed E-state index contributed by atoms with van der Waals surface area (Å²) in [5, 5.41) is 22.5. The Kier molecular flexibility index (Phi) is 5.36. The number of hydrogen-bond acceptors (Lipinski definition) is 8. The summed E-state index contributed by atoms with van der Waals surface area (Å²) in [5.41, 5.74) is 2.40. The fourth-order valence-electron chi connectivity index (χ4n) is 2.27. The monoisotopic (exact) mass is 366 g/mol. The summed E-state index contributed by atoms with van der Waals surface area (Å²) in [6, 6.07) is 9.63. The SMILES string of the molecule is CN=NC(COc1nc(-c2cccs2)cc(-c2ccoc2)c1C#N)=NN. The standard InChI is InChI=1S/C17H14N6O2S/c1-20-23-16(22-19)10-25-17-13(8-18)12(11-4-5-24-9-11)7-14(21-17)15-3-2-6-26-15/h2-7,9H,10,19H2,1H3. The molecule has 2 N–H and O–H groups in total. The van der Waals surface area contributed by atoms with Crippen LogP contribution in [0.2, 0.25) is 0 Å². The van der Waals surface area contributed by atoms with Crippen molar-refractivity contribution in [3.63, 3.8) is 0 Å². The highest BCUT2D eigenvalue weighted by molar-refractivity contribution is 7.13. The fourth-order valence-corrected chi connectivity index (χ4v) is 2.96. The minimum Gasteiger partial charge on any atom is -0.472 e. The van der Waals surface area contributed by atoms with Crippen molar-refractivity contribution in [1.29, 1.82) is 5.26 Å². The van der Waals surface area contributed by atoms with Crippen LogP contribution in [-0.4, -0.2) is 24.5 Å². The lowest BCUT2D eigenvalue weighted by molar-refractivity contribution is 0.359. The minimum absolute atomic E-state index is 0.0613. The molecule has 3 aromatic heterocycles. The van der Waals surface area contributed by atoms with Crippen LogP contribution >= 0.6 is 11.3 Å². The molecule has 0 aromatic carbocycles. The number of rotatable bonds is 5. The predicted octanol–water partition coefficient (Wildman–Crippen LogP) is 3.67. The molecule has 0 fully saturated rings. The second kappa shape index (κ2) is 8.04. The van der Waals surface area contributed by atoms with Crippen LogP contribution < -0.4 is 10.6 Å². The van der Waals surface area contributed by atoms with Crippen LogP contribution in [0.15, 0.2) is 61.9 Å². The number of nitrogens with zero attached hydrogens (tertiary/aromatic N) is 5. The number of ether oxygens (including phenoxy) is 1. The summed E-state index contributed by atoms with van der Waals surface area (Å²) in [4.78, 5) is 5.44. The van der Waals surface area contributed by atoms with Crippen LogP contribution in [0.25, 0.3) is 21.7 Å². The van der Waals surface area contributed by atoms with Gasteiger partial charge in [-0.05, 0) is 23.6 Å². The maximum atomic E-state index is 9.65. The van der Waals surface area contributed by atoms with Crippen LogP contribution in [0.5, 0.6) is 5.88 Å². The number of aromatic nitrogens is 1. The van der Waals surface area contributed by atoms with Gasteiger partial charge in [0.25, 0.3) is 0 Å². The molecule has 8 nitrogen and oxygen atoms in total. The Morgan fingerprint density at radius 1 is 1.46 bits per heavy atom. The van der Waals surface area contributed by atoms with Crippen molar-refractivity contribution in [3.8, 4) is 33.6 Å². The molecule has 3 heterocycles. The molecule has 0 aliphatic heterocycles.